The minimum atomic E-state index is -0.0515. The molecule has 1 aliphatic rings. The van der Waals surface area contributed by atoms with Crippen LogP contribution in [0.25, 0.3) is 0 Å². The Bertz CT molecular complexity index is 473. The molecule has 1 N–H and O–H groups in total. The van der Waals surface area contributed by atoms with Gasteiger partial charge in [0.1, 0.15) is 0 Å². The molecule has 0 radical (unpaired) electrons. The summed E-state index contributed by atoms with van der Waals surface area (Å²) in [4.78, 5) is 12.3. The molecule has 18 heavy (non-hydrogen) atoms. The van der Waals surface area contributed by atoms with Crippen LogP contribution in [0.2, 0.25) is 5.02 Å². The number of carbonyl (C=O) groups excluding carboxylic acids is 1. The molecule has 1 saturated carbocycles. The van der Waals surface area contributed by atoms with Gasteiger partial charge in [-0.3, -0.25) is 4.79 Å². The Hall–Kier alpha value is -0.540. The van der Waals surface area contributed by atoms with Gasteiger partial charge in [0.2, 0.25) is 0 Å². The fourth-order valence-electron chi connectivity index (χ4n) is 2.50. The van der Waals surface area contributed by atoms with E-state index >= 15 is 0 Å². The van der Waals surface area contributed by atoms with E-state index in [1.807, 2.05) is 0 Å². The molecule has 1 aliphatic carbocycles. The highest BCUT2D eigenvalue weighted by Gasteiger charge is 2.35. The van der Waals surface area contributed by atoms with Gasteiger partial charge < -0.3 is 5.32 Å². The Labute approximate surface area is 121 Å². The number of amides is 1. The third-order valence-corrected chi connectivity index (χ3v) is 4.66. The molecule has 0 heterocycles. The highest BCUT2D eigenvalue weighted by atomic mass is 79.9. The molecule has 1 aromatic carbocycles. The molecule has 0 spiro atoms. The molecule has 1 aromatic rings. The molecule has 1 atom stereocenters. The highest BCUT2D eigenvalue weighted by Crippen LogP contribution is 2.37. The van der Waals surface area contributed by atoms with Crippen LogP contribution < -0.4 is 5.32 Å². The first-order chi connectivity index (χ1) is 8.40. The molecular formula is C14H17BrClNO. The van der Waals surface area contributed by atoms with Crippen LogP contribution in [0.3, 0.4) is 0 Å². The van der Waals surface area contributed by atoms with E-state index in [9.17, 15) is 4.79 Å². The second-order valence-electron chi connectivity index (χ2n) is 5.53. The van der Waals surface area contributed by atoms with Crippen LogP contribution in [0.5, 0.6) is 0 Å². The minimum Gasteiger partial charge on any atom is -0.349 e. The Morgan fingerprint density at radius 1 is 1.50 bits per heavy atom. The maximum Gasteiger partial charge on any atom is 0.252 e. The Morgan fingerprint density at radius 2 is 2.22 bits per heavy atom. The van der Waals surface area contributed by atoms with E-state index in [1.165, 1.54) is 6.42 Å². The fraction of sp³-hybridized carbons (Fsp3) is 0.500. The first-order valence-electron chi connectivity index (χ1n) is 6.16. The number of nitrogens with one attached hydrogen (secondary N) is 1. The Morgan fingerprint density at radius 3 is 2.83 bits per heavy atom. The summed E-state index contributed by atoms with van der Waals surface area (Å²) in [7, 11) is 0. The third-order valence-electron chi connectivity index (χ3n) is 3.74. The standard InChI is InChI=1S/C14H17BrClNO/c1-14(2)7-3-4-12(14)17-13(18)10-8-9(16)5-6-11(10)15/h5-6,8,12H,3-4,7H2,1-2H3,(H,17,18). The van der Waals surface area contributed by atoms with Gasteiger partial charge in [0, 0.05) is 15.5 Å². The molecule has 1 amide bonds. The van der Waals surface area contributed by atoms with Gasteiger partial charge in [0.25, 0.3) is 5.91 Å². The lowest BCUT2D eigenvalue weighted by Gasteiger charge is -2.28. The molecule has 0 aromatic heterocycles. The van der Waals surface area contributed by atoms with Crippen LogP contribution in [0.4, 0.5) is 0 Å². The average Bonchev–Trinajstić information content (AvgIpc) is 2.62. The fourth-order valence-corrected chi connectivity index (χ4v) is 3.10. The van der Waals surface area contributed by atoms with E-state index in [-0.39, 0.29) is 17.4 Å². The molecule has 98 valence electrons. The predicted molar refractivity (Wildman–Crippen MR) is 78.0 cm³/mol. The molecule has 0 bridgehead atoms. The van der Waals surface area contributed by atoms with Gasteiger partial charge in [-0.25, -0.2) is 0 Å². The molecule has 0 aliphatic heterocycles. The zero-order valence-electron chi connectivity index (χ0n) is 10.6. The van der Waals surface area contributed by atoms with Crippen molar-refractivity contribution in [1.29, 1.82) is 0 Å². The van der Waals surface area contributed by atoms with Gasteiger partial charge in [-0.1, -0.05) is 31.9 Å². The SMILES string of the molecule is CC1(C)CCCC1NC(=O)c1cc(Cl)ccc1Br. The predicted octanol–water partition coefficient (Wildman–Crippen LogP) is 4.41. The molecule has 0 saturated heterocycles. The number of carbonyl (C=O) groups is 1. The average molecular weight is 331 g/mol. The number of halogens is 2. The van der Waals surface area contributed by atoms with Crippen LogP contribution in [-0.2, 0) is 0 Å². The van der Waals surface area contributed by atoms with Crippen LogP contribution in [0.1, 0.15) is 43.5 Å². The summed E-state index contributed by atoms with van der Waals surface area (Å²) in [5, 5.41) is 3.70. The summed E-state index contributed by atoms with van der Waals surface area (Å²) in [6, 6.07) is 5.51. The first-order valence-corrected chi connectivity index (χ1v) is 7.33. The first kappa shape index (κ1) is 13.9. The zero-order valence-corrected chi connectivity index (χ0v) is 12.9. The summed E-state index contributed by atoms with van der Waals surface area (Å²) >= 11 is 9.32. The number of hydrogen-bond acceptors (Lipinski definition) is 1. The van der Waals surface area contributed by atoms with Crippen molar-refractivity contribution in [2.45, 2.75) is 39.2 Å². The van der Waals surface area contributed by atoms with Crippen molar-refractivity contribution >= 4 is 33.4 Å². The van der Waals surface area contributed by atoms with Crippen LogP contribution in [0, 0.1) is 5.41 Å². The summed E-state index contributed by atoms with van der Waals surface area (Å²) in [5.74, 6) is -0.0515. The largest absolute Gasteiger partial charge is 0.349 e. The molecule has 2 rings (SSSR count). The summed E-state index contributed by atoms with van der Waals surface area (Å²) < 4.78 is 0.778. The highest BCUT2D eigenvalue weighted by molar-refractivity contribution is 9.10. The summed E-state index contributed by atoms with van der Waals surface area (Å²) in [6.45, 7) is 4.41. The lowest BCUT2D eigenvalue weighted by Crippen LogP contribution is -2.41. The second kappa shape index (κ2) is 5.22. The smallest absolute Gasteiger partial charge is 0.252 e. The van der Waals surface area contributed by atoms with Crippen molar-refractivity contribution in [3.63, 3.8) is 0 Å². The molecular weight excluding hydrogens is 314 g/mol. The number of rotatable bonds is 2. The van der Waals surface area contributed by atoms with Crippen molar-refractivity contribution in [3.8, 4) is 0 Å². The quantitative estimate of drug-likeness (QED) is 0.855. The number of hydrogen-bond donors (Lipinski definition) is 1. The van der Waals surface area contributed by atoms with Crippen molar-refractivity contribution in [3.05, 3.63) is 33.3 Å². The minimum absolute atomic E-state index is 0.0515. The summed E-state index contributed by atoms with van der Waals surface area (Å²) in [5.41, 5.74) is 0.783. The third kappa shape index (κ3) is 2.89. The van der Waals surface area contributed by atoms with E-state index < -0.39 is 0 Å². The van der Waals surface area contributed by atoms with E-state index in [1.54, 1.807) is 18.2 Å². The molecule has 4 heteroatoms. The molecule has 1 unspecified atom stereocenters. The van der Waals surface area contributed by atoms with Crippen LogP contribution in [-0.4, -0.2) is 11.9 Å². The normalized spacial score (nSPS) is 21.9. The Kier molecular flexibility index (Phi) is 4.02. The Balaban J connectivity index is 2.15. The van der Waals surface area contributed by atoms with Gasteiger partial charge >= 0.3 is 0 Å². The van der Waals surface area contributed by atoms with Crippen molar-refractivity contribution in [2.75, 3.05) is 0 Å². The van der Waals surface area contributed by atoms with Gasteiger partial charge in [0.15, 0.2) is 0 Å². The van der Waals surface area contributed by atoms with Crippen molar-refractivity contribution in [1.82, 2.24) is 5.32 Å². The molecule has 2 nitrogen and oxygen atoms in total. The van der Waals surface area contributed by atoms with Crippen molar-refractivity contribution < 1.29 is 4.79 Å². The van der Waals surface area contributed by atoms with Crippen LogP contribution >= 0.6 is 27.5 Å². The topological polar surface area (TPSA) is 29.1 Å². The second-order valence-corrected chi connectivity index (χ2v) is 6.82. The monoisotopic (exact) mass is 329 g/mol. The lowest BCUT2D eigenvalue weighted by molar-refractivity contribution is 0.0909. The number of benzene rings is 1. The van der Waals surface area contributed by atoms with E-state index in [2.05, 4.69) is 35.1 Å². The lowest BCUT2D eigenvalue weighted by atomic mass is 9.87. The van der Waals surface area contributed by atoms with Gasteiger partial charge in [-0.15, -0.1) is 0 Å². The van der Waals surface area contributed by atoms with E-state index in [0.717, 1.165) is 17.3 Å². The van der Waals surface area contributed by atoms with Gasteiger partial charge in [0.05, 0.1) is 5.56 Å². The molecule has 1 fully saturated rings. The van der Waals surface area contributed by atoms with Crippen LogP contribution in [0.15, 0.2) is 22.7 Å². The zero-order chi connectivity index (χ0) is 13.3. The maximum atomic E-state index is 12.3. The van der Waals surface area contributed by atoms with Gasteiger partial charge in [-0.05, 0) is 52.4 Å². The van der Waals surface area contributed by atoms with E-state index in [4.69, 9.17) is 11.6 Å². The summed E-state index contributed by atoms with van der Waals surface area (Å²) in [6.07, 6.45) is 3.39. The van der Waals surface area contributed by atoms with E-state index in [0.29, 0.717) is 10.6 Å². The van der Waals surface area contributed by atoms with Crippen molar-refractivity contribution in [2.24, 2.45) is 5.41 Å². The maximum absolute atomic E-state index is 12.3. The van der Waals surface area contributed by atoms with Gasteiger partial charge in [-0.2, -0.15) is 0 Å².